The van der Waals surface area contributed by atoms with E-state index in [0.29, 0.717) is 0 Å². The topological polar surface area (TPSA) is 3.24 Å². The first kappa shape index (κ1) is 27.4. The van der Waals surface area contributed by atoms with Crippen LogP contribution >= 0.6 is 0 Å². The van der Waals surface area contributed by atoms with Gasteiger partial charge in [0, 0.05) is 11.4 Å². The SMILES string of the molecule is Cc1cccc(C)c1N(c1ccc(C=CC=Cc2ccccc2)cc1)c1ccc(C=CC=Cc2ccccc2)cc1. The Morgan fingerprint density at radius 3 is 1.07 bits per heavy atom. The summed E-state index contributed by atoms with van der Waals surface area (Å²) in [5.74, 6) is 0. The molecule has 5 aromatic carbocycles. The molecule has 0 heterocycles. The van der Waals surface area contributed by atoms with Gasteiger partial charge in [0.2, 0.25) is 0 Å². The Balaban J connectivity index is 1.37. The molecular formula is C40H35N. The van der Waals surface area contributed by atoms with E-state index in [1.165, 1.54) is 27.9 Å². The molecule has 0 unspecified atom stereocenters. The molecule has 1 nitrogen and oxygen atoms in total. The van der Waals surface area contributed by atoms with E-state index in [4.69, 9.17) is 0 Å². The van der Waals surface area contributed by atoms with E-state index in [9.17, 15) is 0 Å². The summed E-state index contributed by atoms with van der Waals surface area (Å²) in [6, 6.07) is 44.7. The molecule has 41 heavy (non-hydrogen) atoms. The molecule has 0 aliphatic rings. The highest BCUT2D eigenvalue weighted by Gasteiger charge is 2.16. The van der Waals surface area contributed by atoms with Crippen LogP contribution in [-0.4, -0.2) is 0 Å². The van der Waals surface area contributed by atoms with Crippen LogP contribution in [0.2, 0.25) is 0 Å². The number of benzene rings is 5. The van der Waals surface area contributed by atoms with Crippen LogP contribution in [-0.2, 0) is 0 Å². The van der Waals surface area contributed by atoms with Gasteiger partial charge in [-0.1, -0.05) is 152 Å². The van der Waals surface area contributed by atoms with E-state index in [-0.39, 0.29) is 0 Å². The van der Waals surface area contributed by atoms with E-state index in [1.807, 2.05) is 12.1 Å². The molecule has 5 aromatic rings. The fraction of sp³-hybridized carbons (Fsp3) is 0.0500. The van der Waals surface area contributed by atoms with Crippen LogP contribution in [0, 0.1) is 13.8 Å². The molecule has 200 valence electrons. The Bertz CT molecular complexity index is 1530. The smallest absolute Gasteiger partial charge is 0.0519 e. The molecule has 0 amide bonds. The van der Waals surface area contributed by atoms with Crippen molar-refractivity contribution in [2.45, 2.75) is 13.8 Å². The molecule has 0 saturated carbocycles. The Kier molecular flexibility index (Phi) is 9.22. The predicted molar refractivity (Wildman–Crippen MR) is 180 cm³/mol. The predicted octanol–water partition coefficient (Wildman–Crippen LogP) is 11.2. The van der Waals surface area contributed by atoms with Gasteiger partial charge in [0.15, 0.2) is 0 Å². The van der Waals surface area contributed by atoms with E-state index in [2.05, 4.69) is 183 Å². The van der Waals surface area contributed by atoms with Gasteiger partial charge in [0.25, 0.3) is 0 Å². The molecular weight excluding hydrogens is 494 g/mol. The third-order valence-corrected chi connectivity index (χ3v) is 6.94. The Morgan fingerprint density at radius 2 is 0.707 bits per heavy atom. The van der Waals surface area contributed by atoms with Crippen molar-refractivity contribution < 1.29 is 0 Å². The Hall–Kier alpha value is -5.14. The summed E-state index contributed by atoms with van der Waals surface area (Å²) in [6.45, 7) is 4.36. The molecule has 0 spiro atoms. The Labute approximate surface area is 244 Å². The maximum absolute atomic E-state index is 2.36. The molecule has 0 atom stereocenters. The molecule has 0 bridgehead atoms. The number of hydrogen-bond acceptors (Lipinski definition) is 1. The number of anilines is 3. The van der Waals surface area contributed by atoms with Gasteiger partial charge in [-0.2, -0.15) is 0 Å². The highest BCUT2D eigenvalue weighted by Crippen LogP contribution is 2.38. The number of nitrogens with zero attached hydrogens (tertiary/aromatic N) is 1. The lowest BCUT2D eigenvalue weighted by Crippen LogP contribution is -2.12. The van der Waals surface area contributed by atoms with E-state index in [1.54, 1.807) is 0 Å². The minimum atomic E-state index is 1.13. The summed E-state index contributed by atoms with van der Waals surface area (Å²) >= 11 is 0. The molecule has 1 heteroatoms. The highest BCUT2D eigenvalue weighted by atomic mass is 15.1. The average Bonchev–Trinajstić information content (AvgIpc) is 3.01. The highest BCUT2D eigenvalue weighted by molar-refractivity contribution is 5.81. The standard InChI is InChI=1S/C40H35N/c1-32-14-13-15-33(2)40(32)41(38-28-24-36(25-29-38)22-11-9-20-34-16-5-3-6-17-34)39-30-26-37(27-31-39)23-12-10-21-35-18-7-4-8-19-35/h3-31H,1-2H3. The fourth-order valence-corrected chi connectivity index (χ4v) is 4.83. The second-order valence-electron chi connectivity index (χ2n) is 10.0. The van der Waals surface area contributed by atoms with Gasteiger partial charge in [0.1, 0.15) is 0 Å². The molecule has 0 radical (unpaired) electrons. The lowest BCUT2D eigenvalue weighted by Gasteiger charge is -2.29. The molecule has 0 N–H and O–H groups in total. The second kappa shape index (κ2) is 13.8. The minimum absolute atomic E-state index is 1.13. The van der Waals surface area contributed by atoms with Crippen LogP contribution in [0.4, 0.5) is 17.1 Å². The third kappa shape index (κ3) is 7.50. The third-order valence-electron chi connectivity index (χ3n) is 6.94. The van der Waals surface area contributed by atoms with Gasteiger partial charge in [-0.25, -0.2) is 0 Å². The molecule has 0 saturated heterocycles. The van der Waals surface area contributed by atoms with Gasteiger partial charge >= 0.3 is 0 Å². The van der Waals surface area contributed by atoms with Crippen molar-refractivity contribution in [1.82, 2.24) is 0 Å². The Morgan fingerprint density at radius 1 is 0.366 bits per heavy atom. The van der Waals surface area contributed by atoms with Crippen LogP contribution < -0.4 is 4.90 Å². The summed E-state index contributed by atoms with van der Waals surface area (Å²) in [5, 5.41) is 0. The first-order chi connectivity index (χ1) is 20.2. The number of hydrogen-bond donors (Lipinski definition) is 0. The van der Waals surface area contributed by atoms with Gasteiger partial charge in [-0.15, -0.1) is 0 Å². The molecule has 5 rings (SSSR count). The number of aryl methyl sites for hydroxylation is 2. The van der Waals surface area contributed by atoms with Crippen LogP contribution in [0.5, 0.6) is 0 Å². The fourth-order valence-electron chi connectivity index (χ4n) is 4.83. The molecule has 0 aromatic heterocycles. The van der Waals surface area contributed by atoms with Crippen LogP contribution in [0.15, 0.2) is 152 Å². The van der Waals surface area contributed by atoms with Crippen LogP contribution in [0.3, 0.4) is 0 Å². The summed E-state index contributed by atoms with van der Waals surface area (Å²) in [7, 11) is 0. The zero-order chi connectivity index (χ0) is 28.3. The summed E-state index contributed by atoms with van der Waals surface area (Å²) in [6.07, 6.45) is 16.9. The van der Waals surface area contributed by atoms with Crippen molar-refractivity contribution in [3.63, 3.8) is 0 Å². The zero-order valence-electron chi connectivity index (χ0n) is 23.7. The summed E-state index contributed by atoms with van der Waals surface area (Å²) in [5.41, 5.74) is 10.7. The van der Waals surface area contributed by atoms with Crippen molar-refractivity contribution >= 4 is 41.4 Å². The normalized spacial score (nSPS) is 11.8. The largest absolute Gasteiger partial charge is 0.310 e. The van der Waals surface area contributed by atoms with E-state index in [0.717, 1.165) is 22.5 Å². The first-order valence-electron chi connectivity index (χ1n) is 14.0. The quantitative estimate of drug-likeness (QED) is 0.172. The van der Waals surface area contributed by atoms with Crippen molar-refractivity contribution in [2.75, 3.05) is 4.90 Å². The summed E-state index contributed by atoms with van der Waals surface area (Å²) < 4.78 is 0. The van der Waals surface area contributed by atoms with Crippen molar-refractivity contribution in [3.8, 4) is 0 Å². The summed E-state index contributed by atoms with van der Waals surface area (Å²) in [4.78, 5) is 2.36. The minimum Gasteiger partial charge on any atom is -0.310 e. The molecule has 0 aliphatic heterocycles. The van der Waals surface area contributed by atoms with Crippen molar-refractivity contribution in [1.29, 1.82) is 0 Å². The first-order valence-corrected chi connectivity index (χ1v) is 14.0. The van der Waals surface area contributed by atoms with Gasteiger partial charge in [0.05, 0.1) is 5.69 Å². The van der Waals surface area contributed by atoms with Gasteiger partial charge < -0.3 is 4.90 Å². The lowest BCUT2D eigenvalue weighted by molar-refractivity contribution is 1.22. The van der Waals surface area contributed by atoms with E-state index < -0.39 is 0 Å². The second-order valence-corrected chi connectivity index (χ2v) is 10.0. The number of rotatable bonds is 9. The number of para-hydroxylation sites is 1. The van der Waals surface area contributed by atoms with Gasteiger partial charge in [-0.3, -0.25) is 0 Å². The monoisotopic (exact) mass is 529 g/mol. The molecule has 0 aliphatic carbocycles. The molecule has 0 fully saturated rings. The van der Waals surface area contributed by atoms with E-state index >= 15 is 0 Å². The maximum Gasteiger partial charge on any atom is 0.0519 e. The number of allylic oxidation sites excluding steroid dienone is 4. The van der Waals surface area contributed by atoms with Crippen LogP contribution in [0.1, 0.15) is 33.4 Å². The lowest BCUT2D eigenvalue weighted by atomic mass is 10.0. The van der Waals surface area contributed by atoms with Crippen molar-refractivity contribution in [2.24, 2.45) is 0 Å². The average molecular weight is 530 g/mol. The zero-order valence-corrected chi connectivity index (χ0v) is 23.7. The van der Waals surface area contributed by atoms with Gasteiger partial charge in [-0.05, 0) is 71.5 Å². The van der Waals surface area contributed by atoms with Crippen molar-refractivity contribution in [3.05, 3.63) is 185 Å². The maximum atomic E-state index is 2.36. The van der Waals surface area contributed by atoms with Crippen LogP contribution in [0.25, 0.3) is 24.3 Å².